The number of hydrogen-bond acceptors (Lipinski definition) is 9. The van der Waals surface area contributed by atoms with Gasteiger partial charge in [-0.05, 0) is 34.1 Å². The van der Waals surface area contributed by atoms with Crippen molar-refractivity contribution in [2.45, 2.75) is 70.5 Å². The largest absolute Gasteiger partial charge is 0.396 e. The number of hydrogen-bond donors (Lipinski definition) is 2. The highest BCUT2D eigenvalue weighted by Gasteiger charge is 2.56. The molecule has 2 aliphatic heterocycles. The van der Waals surface area contributed by atoms with Crippen molar-refractivity contribution in [3.05, 3.63) is 12.7 Å². The molecule has 0 unspecified atom stereocenters. The predicted molar refractivity (Wildman–Crippen MR) is 106 cm³/mol. The van der Waals surface area contributed by atoms with E-state index in [-0.39, 0.29) is 24.9 Å². The summed E-state index contributed by atoms with van der Waals surface area (Å²) in [5.74, 6) is -0.368. The molecule has 10 nitrogen and oxygen atoms in total. The van der Waals surface area contributed by atoms with E-state index < -0.39 is 12.0 Å². The monoisotopic (exact) mass is 406 g/mol. The van der Waals surface area contributed by atoms with Gasteiger partial charge in [-0.3, -0.25) is 9.47 Å². The second-order valence-electron chi connectivity index (χ2n) is 8.38. The molecule has 10 heteroatoms. The van der Waals surface area contributed by atoms with Crippen LogP contribution in [0.5, 0.6) is 0 Å². The van der Waals surface area contributed by atoms with E-state index in [1.165, 1.54) is 6.33 Å². The van der Waals surface area contributed by atoms with Crippen molar-refractivity contribution >= 4 is 17.0 Å². The average Bonchev–Trinajstić information content (AvgIpc) is 3.30. The summed E-state index contributed by atoms with van der Waals surface area (Å²) in [5, 5.41) is 9.23. The van der Waals surface area contributed by atoms with Gasteiger partial charge in [0, 0.05) is 25.7 Å². The summed E-state index contributed by atoms with van der Waals surface area (Å²) in [6.07, 6.45) is 2.67. The van der Waals surface area contributed by atoms with Gasteiger partial charge in [0.25, 0.3) is 0 Å². The molecule has 0 spiro atoms. The molecule has 160 valence electrons. The van der Waals surface area contributed by atoms with E-state index >= 15 is 0 Å². The lowest BCUT2D eigenvalue weighted by Crippen LogP contribution is -2.43. The van der Waals surface area contributed by atoms with Crippen LogP contribution in [0.25, 0.3) is 11.2 Å². The zero-order valence-corrected chi connectivity index (χ0v) is 17.4. The molecule has 2 fully saturated rings. The molecular formula is C19H30N6O4. The molecule has 29 heavy (non-hydrogen) atoms. The maximum atomic E-state index is 9.23. The van der Waals surface area contributed by atoms with Gasteiger partial charge >= 0.3 is 0 Å². The van der Waals surface area contributed by atoms with Crippen LogP contribution in [0.1, 0.15) is 40.3 Å². The number of anilines is 1. The van der Waals surface area contributed by atoms with Gasteiger partial charge < -0.3 is 25.1 Å². The van der Waals surface area contributed by atoms with Crippen LogP contribution in [-0.2, 0) is 14.2 Å². The van der Waals surface area contributed by atoms with Crippen LogP contribution in [0.2, 0.25) is 0 Å². The molecule has 0 bridgehead atoms. The van der Waals surface area contributed by atoms with Gasteiger partial charge in [-0.15, -0.1) is 0 Å². The van der Waals surface area contributed by atoms with Crippen LogP contribution in [-0.4, -0.2) is 79.4 Å². The van der Waals surface area contributed by atoms with Crippen molar-refractivity contribution in [1.29, 1.82) is 0 Å². The van der Waals surface area contributed by atoms with Crippen molar-refractivity contribution in [1.82, 2.24) is 24.4 Å². The van der Waals surface area contributed by atoms with Crippen molar-refractivity contribution in [2.24, 2.45) is 0 Å². The molecule has 2 aromatic heterocycles. The molecule has 3 N–H and O–H groups in total. The Labute approximate surface area is 170 Å². The zero-order valence-electron chi connectivity index (χ0n) is 17.4. The number of aliphatic hydroxyl groups excluding tert-OH is 1. The Bertz CT molecular complexity index is 856. The minimum absolute atomic E-state index is 0.165. The Morgan fingerprint density at radius 2 is 2.00 bits per heavy atom. The normalized spacial score (nSPS) is 28.7. The molecule has 2 saturated heterocycles. The molecular weight excluding hydrogens is 376 g/mol. The van der Waals surface area contributed by atoms with Gasteiger partial charge in [-0.2, -0.15) is 0 Å². The number of nitrogen functional groups attached to an aromatic ring is 1. The van der Waals surface area contributed by atoms with Crippen LogP contribution in [0.15, 0.2) is 12.7 Å². The van der Waals surface area contributed by atoms with Gasteiger partial charge in [0.1, 0.15) is 30.2 Å². The maximum Gasteiger partial charge on any atom is 0.167 e. The molecule has 2 aromatic rings. The molecule has 0 aromatic carbocycles. The fraction of sp³-hybridized carbons (Fsp3) is 0.737. The lowest BCUT2D eigenvalue weighted by Gasteiger charge is -2.31. The Kier molecular flexibility index (Phi) is 5.47. The van der Waals surface area contributed by atoms with Crippen LogP contribution >= 0.6 is 0 Å². The first-order valence-corrected chi connectivity index (χ1v) is 10.1. The van der Waals surface area contributed by atoms with Crippen molar-refractivity contribution in [3.63, 3.8) is 0 Å². The summed E-state index contributed by atoms with van der Waals surface area (Å²) in [5.41, 5.74) is 7.09. The number of rotatable bonds is 7. The van der Waals surface area contributed by atoms with Gasteiger partial charge in [-0.1, -0.05) is 0 Å². The lowest BCUT2D eigenvalue weighted by atomic mass is 10.1. The first kappa shape index (κ1) is 20.4. The maximum absolute atomic E-state index is 9.23. The van der Waals surface area contributed by atoms with E-state index in [1.54, 1.807) is 6.33 Å². The summed E-state index contributed by atoms with van der Waals surface area (Å²) >= 11 is 0. The zero-order chi connectivity index (χ0) is 20.8. The van der Waals surface area contributed by atoms with E-state index in [2.05, 4.69) is 33.7 Å². The van der Waals surface area contributed by atoms with Crippen LogP contribution < -0.4 is 5.73 Å². The molecule has 4 rings (SSSR count). The highest BCUT2D eigenvalue weighted by molar-refractivity contribution is 5.81. The first-order chi connectivity index (χ1) is 13.8. The number of aliphatic hydroxyl groups is 1. The Morgan fingerprint density at radius 3 is 2.72 bits per heavy atom. The third kappa shape index (κ3) is 3.82. The summed E-state index contributed by atoms with van der Waals surface area (Å²) in [4.78, 5) is 15.0. The third-order valence-corrected chi connectivity index (χ3v) is 5.53. The SMILES string of the molecule is CC(C)N(CCCO)C[C@H]1O[C@@H](n2cnc3c(N)ncnc32)[C@@H]2OC(C)(C)O[C@@H]21. The van der Waals surface area contributed by atoms with Crippen LogP contribution in [0.4, 0.5) is 5.82 Å². The van der Waals surface area contributed by atoms with E-state index in [0.717, 1.165) is 6.54 Å². The number of nitrogens with two attached hydrogens (primary N) is 1. The molecule has 4 heterocycles. The third-order valence-electron chi connectivity index (χ3n) is 5.53. The van der Waals surface area contributed by atoms with Crippen LogP contribution in [0, 0.1) is 0 Å². The van der Waals surface area contributed by atoms with Crippen molar-refractivity contribution < 1.29 is 19.3 Å². The Hall–Kier alpha value is -1.85. The molecule has 0 amide bonds. The molecule has 0 aliphatic carbocycles. The number of fused-ring (bicyclic) bond motifs is 2. The Balaban J connectivity index is 1.63. The van der Waals surface area contributed by atoms with Gasteiger partial charge in [0.2, 0.25) is 0 Å². The van der Waals surface area contributed by atoms with E-state index in [4.69, 9.17) is 19.9 Å². The molecule has 4 atom stereocenters. The fourth-order valence-corrected chi connectivity index (χ4v) is 4.15. The van der Waals surface area contributed by atoms with E-state index in [0.29, 0.717) is 36.0 Å². The van der Waals surface area contributed by atoms with Gasteiger partial charge in [0.05, 0.1) is 6.33 Å². The van der Waals surface area contributed by atoms with E-state index in [1.807, 2.05) is 18.4 Å². The lowest BCUT2D eigenvalue weighted by molar-refractivity contribution is -0.198. The number of ether oxygens (including phenoxy) is 3. The highest BCUT2D eigenvalue weighted by Crippen LogP contribution is 2.44. The second kappa shape index (κ2) is 7.77. The quantitative estimate of drug-likeness (QED) is 0.691. The highest BCUT2D eigenvalue weighted by atomic mass is 16.8. The smallest absolute Gasteiger partial charge is 0.167 e. The number of imidazole rings is 1. The average molecular weight is 406 g/mol. The first-order valence-electron chi connectivity index (χ1n) is 10.1. The Morgan fingerprint density at radius 1 is 1.24 bits per heavy atom. The molecule has 2 aliphatic rings. The van der Waals surface area contributed by atoms with Crippen LogP contribution in [0.3, 0.4) is 0 Å². The summed E-state index contributed by atoms with van der Waals surface area (Å²) in [7, 11) is 0. The summed E-state index contributed by atoms with van der Waals surface area (Å²) < 4.78 is 20.7. The van der Waals surface area contributed by atoms with Gasteiger partial charge in [-0.25, -0.2) is 15.0 Å². The van der Waals surface area contributed by atoms with Crippen molar-refractivity contribution in [2.75, 3.05) is 25.4 Å². The summed E-state index contributed by atoms with van der Waals surface area (Å²) in [6, 6.07) is 0.319. The standard InChI is InChI=1S/C19H30N6O4/c1-11(2)24(6-5-7-26)8-12-14-15(29-19(3,4)28-14)18(27-12)25-10-23-13-16(20)21-9-22-17(13)25/h9-12,14-15,18,26H,5-8H2,1-4H3,(H2,20,21,22)/t12-,14-,15-,18-/m1/s1. The van der Waals surface area contributed by atoms with Crippen molar-refractivity contribution in [3.8, 4) is 0 Å². The predicted octanol–water partition coefficient (Wildman–Crippen LogP) is 0.919. The topological polar surface area (TPSA) is 121 Å². The minimum atomic E-state index is -0.701. The number of aromatic nitrogens is 4. The second-order valence-corrected chi connectivity index (χ2v) is 8.38. The molecule has 0 radical (unpaired) electrons. The summed E-state index contributed by atoms with van der Waals surface area (Å²) in [6.45, 7) is 9.74. The van der Waals surface area contributed by atoms with Gasteiger partial charge in [0.15, 0.2) is 23.5 Å². The fourth-order valence-electron chi connectivity index (χ4n) is 4.15. The number of nitrogens with zero attached hydrogens (tertiary/aromatic N) is 5. The minimum Gasteiger partial charge on any atom is -0.396 e. The molecule has 0 saturated carbocycles. The van der Waals surface area contributed by atoms with E-state index in [9.17, 15) is 5.11 Å².